The van der Waals surface area contributed by atoms with Crippen LogP contribution in [0.25, 0.3) is 0 Å². The maximum absolute atomic E-state index is 12.2. The number of furan rings is 1. The van der Waals surface area contributed by atoms with Gasteiger partial charge in [-0.25, -0.2) is 4.79 Å². The van der Waals surface area contributed by atoms with E-state index < -0.39 is 11.9 Å². The zero-order valence-electron chi connectivity index (χ0n) is 13.6. The van der Waals surface area contributed by atoms with Crippen LogP contribution >= 0.6 is 11.3 Å². The van der Waals surface area contributed by atoms with Crippen molar-refractivity contribution in [2.75, 3.05) is 10.6 Å². The number of rotatable bonds is 5. The zero-order valence-corrected chi connectivity index (χ0v) is 14.5. The number of benzene rings is 1. The van der Waals surface area contributed by atoms with Crippen LogP contribution in [0.3, 0.4) is 0 Å². The van der Waals surface area contributed by atoms with Crippen molar-refractivity contribution in [1.29, 1.82) is 0 Å². The second-order valence-electron chi connectivity index (χ2n) is 5.19. The van der Waals surface area contributed by atoms with Crippen molar-refractivity contribution >= 4 is 39.8 Å². The molecular weight excluding hydrogens is 356 g/mol. The van der Waals surface area contributed by atoms with Gasteiger partial charge in [0.05, 0.1) is 11.3 Å². The summed E-state index contributed by atoms with van der Waals surface area (Å²) < 4.78 is 10.3. The Morgan fingerprint density at radius 3 is 2.42 bits per heavy atom. The Morgan fingerprint density at radius 1 is 1.00 bits per heavy atom. The van der Waals surface area contributed by atoms with Crippen LogP contribution < -0.4 is 15.4 Å². The minimum atomic E-state index is -0.541. The van der Waals surface area contributed by atoms with E-state index >= 15 is 0 Å². The molecule has 0 saturated heterocycles. The van der Waals surface area contributed by atoms with Gasteiger partial charge in [-0.05, 0) is 48.5 Å². The Hall–Kier alpha value is -3.39. The van der Waals surface area contributed by atoms with E-state index in [9.17, 15) is 14.4 Å². The highest BCUT2D eigenvalue weighted by Gasteiger charge is 2.15. The normalized spacial score (nSPS) is 10.2. The fraction of sp³-hybridized carbons (Fsp3) is 0.0556. The number of amides is 2. The molecule has 0 aliphatic heterocycles. The van der Waals surface area contributed by atoms with Crippen molar-refractivity contribution < 1.29 is 23.5 Å². The summed E-state index contributed by atoms with van der Waals surface area (Å²) in [5, 5.41) is 5.77. The third kappa shape index (κ3) is 4.37. The Balaban J connectivity index is 1.61. The van der Waals surface area contributed by atoms with E-state index in [-0.39, 0.29) is 11.7 Å². The topological polar surface area (TPSA) is 97.6 Å². The Bertz CT molecular complexity index is 929. The van der Waals surface area contributed by atoms with Gasteiger partial charge in [0, 0.05) is 12.6 Å². The van der Waals surface area contributed by atoms with Crippen LogP contribution in [0, 0.1) is 0 Å². The second kappa shape index (κ2) is 7.66. The SMILES string of the molecule is CC(=O)Nc1ccc(OC(=O)c2ccc(NC(=O)c3ccco3)s2)cc1. The molecule has 0 aliphatic rings. The molecule has 0 bridgehead atoms. The lowest BCUT2D eigenvalue weighted by atomic mass is 10.3. The fourth-order valence-corrected chi connectivity index (χ4v) is 2.84. The second-order valence-corrected chi connectivity index (χ2v) is 6.27. The molecule has 26 heavy (non-hydrogen) atoms. The van der Waals surface area contributed by atoms with Crippen molar-refractivity contribution in [1.82, 2.24) is 0 Å². The van der Waals surface area contributed by atoms with Gasteiger partial charge < -0.3 is 19.8 Å². The molecule has 2 aromatic heterocycles. The Morgan fingerprint density at radius 2 is 1.77 bits per heavy atom. The highest BCUT2D eigenvalue weighted by molar-refractivity contribution is 7.18. The van der Waals surface area contributed by atoms with Gasteiger partial charge in [-0.1, -0.05) is 0 Å². The van der Waals surface area contributed by atoms with Crippen molar-refractivity contribution in [2.24, 2.45) is 0 Å². The van der Waals surface area contributed by atoms with Crippen LogP contribution in [0.15, 0.2) is 59.2 Å². The van der Waals surface area contributed by atoms with Crippen LogP contribution in [0.4, 0.5) is 10.7 Å². The van der Waals surface area contributed by atoms with Gasteiger partial charge in [0.1, 0.15) is 10.6 Å². The molecule has 2 N–H and O–H groups in total. The summed E-state index contributed by atoms with van der Waals surface area (Å²) in [6.07, 6.45) is 1.41. The number of hydrogen-bond acceptors (Lipinski definition) is 6. The van der Waals surface area contributed by atoms with Gasteiger partial charge in [0.15, 0.2) is 5.76 Å². The van der Waals surface area contributed by atoms with Gasteiger partial charge in [-0.15, -0.1) is 11.3 Å². The molecule has 2 heterocycles. The summed E-state index contributed by atoms with van der Waals surface area (Å²) in [7, 11) is 0. The molecule has 132 valence electrons. The largest absolute Gasteiger partial charge is 0.459 e. The van der Waals surface area contributed by atoms with Crippen molar-refractivity contribution in [2.45, 2.75) is 6.92 Å². The summed E-state index contributed by atoms with van der Waals surface area (Å²) in [5.41, 5.74) is 0.608. The van der Waals surface area contributed by atoms with Gasteiger partial charge in [0.25, 0.3) is 5.91 Å². The first-order chi connectivity index (χ1) is 12.5. The summed E-state index contributed by atoms with van der Waals surface area (Å²) in [5.74, 6) is -0.594. The van der Waals surface area contributed by atoms with Crippen LogP contribution in [0.5, 0.6) is 5.75 Å². The summed E-state index contributed by atoms with van der Waals surface area (Å²) in [4.78, 5) is 35.4. The van der Waals surface area contributed by atoms with Gasteiger partial charge in [0.2, 0.25) is 5.91 Å². The summed E-state index contributed by atoms with van der Waals surface area (Å²) >= 11 is 1.09. The van der Waals surface area contributed by atoms with Crippen molar-refractivity contribution in [3.63, 3.8) is 0 Å². The first-order valence-corrected chi connectivity index (χ1v) is 8.37. The van der Waals surface area contributed by atoms with Crippen LogP contribution in [0.1, 0.15) is 27.2 Å². The molecule has 7 nitrogen and oxygen atoms in total. The molecule has 1 aromatic carbocycles. The van der Waals surface area contributed by atoms with E-state index in [4.69, 9.17) is 9.15 Å². The maximum atomic E-state index is 12.2. The number of carbonyl (C=O) groups excluding carboxylic acids is 3. The standard InChI is InChI=1S/C18H14N2O5S/c1-11(21)19-12-4-6-13(7-5-12)25-18(23)15-8-9-16(26-15)20-17(22)14-3-2-10-24-14/h2-10H,1H3,(H,19,21)(H,20,22). The third-order valence-electron chi connectivity index (χ3n) is 3.17. The molecule has 0 aliphatic carbocycles. The predicted molar refractivity (Wildman–Crippen MR) is 96.7 cm³/mol. The lowest BCUT2D eigenvalue weighted by Gasteiger charge is -2.05. The average molecular weight is 370 g/mol. The number of thiophene rings is 1. The number of ether oxygens (including phenoxy) is 1. The lowest BCUT2D eigenvalue weighted by Crippen LogP contribution is -2.09. The lowest BCUT2D eigenvalue weighted by molar-refractivity contribution is -0.114. The van der Waals surface area contributed by atoms with Crippen molar-refractivity contribution in [3.05, 3.63) is 65.4 Å². The quantitative estimate of drug-likeness (QED) is 0.526. The molecule has 0 unspecified atom stereocenters. The first-order valence-electron chi connectivity index (χ1n) is 7.56. The van der Waals surface area contributed by atoms with E-state index in [2.05, 4.69) is 10.6 Å². The molecule has 0 atom stereocenters. The zero-order chi connectivity index (χ0) is 18.5. The molecule has 0 spiro atoms. The van der Waals surface area contributed by atoms with E-state index in [0.717, 1.165) is 11.3 Å². The first kappa shape index (κ1) is 17.4. The molecule has 2 amide bonds. The van der Waals surface area contributed by atoms with E-state index in [1.165, 1.54) is 13.2 Å². The Kier molecular flexibility index (Phi) is 5.14. The molecule has 0 radical (unpaired) electrons. The average Bonchev–Trinajstić information content (AvgIpc) is 3.27. The number of esters is 1. The van der Waals surface area contributed by atoms with E-state index in [0.29, 0.717) is 21.3 Å². The van der Waals surface area contributed by atoms with Gasteiger partial charge >= 0.3 is 5.97 Å². The molecule has 0 fully saturated rings. The van der Waals surface area contributed by atoms with Crippen molar-refractivity contribution in [3.8, 4) is 5.75 Å². The molecular formula is C18H14N2O5S. The van der Waals surface area contributed by atoms with Crippen LogP contribution in [0.2, 0.25) is 0 Å². The molecule has 8 heteroatoms. The predicted octanol–water partition coefficient (Wildman–Crippen LogP) is 3.77. The summed E-state index contributed by atoms with van der Waals surface area (Å²) in [6.45, 7) is 1.41. The maximum Gasteiger partial charge on any atom is 0.353 e. The number of carbonyl (C=O) groups is 3. The highest BCUT2D eigenvalue weighted by atomic mass is 32.1. The van der Waals surface area contributed by atoms with E-state index in [1.807, 2.05) is 0 Å². The van der Waals surface area contributed by atoms with Gasteiger partial charge in [-0.3, -0.25) is 9.59 Å². The fourth-order valence-electron chi connectivity index (χ4n) is 2.06. The van der Waals surface area contributed by atoms with Crippen LogP contribution in [-0.2, 0) is 4.79 Å². The molecule has 3 aromatic rings. The highest BCUT2D eigenvalue weighted by Crippen LogP contribution is 2.25. The molecule has 0 saturated carbocycles. The Labute approximate surface area is 152 Å². The third-order valence-corrected chi connectivity index (χ3v) is 4.15. The summed E-state index contributed by atoms with van der Waals surface area (Å²) in [6, 6.07) is 12.8. The smallest absolute Gasteiger partial charge is 0.353 e. The minimum absolute atomic E-state index is 0.182. The number of nitrogens with one attached hydrogen (secondary N) is 2. The molecule has 3 rings (SSSR count). The van der Waals surface area contributed by atoms with Crippen LogP contribution in [-0.4, -0.2) is 17.8 Å². The van der Waals surface area contributed by atoms with E-state index in [1.54, 1.807) is 48.5 Å². The number of anilines is 2. The minimum Gasteiger partial charge on any atom is -0.459 e. The van der Waals surface area contributed by atoms with Gasteiger partial charge in [-0.2, -0.15) is 0 Å². The number of hydrogen-bond donors (Lipinski definition) is 2. The monoisotopic (exact) mass is 370 g/mol.